The molecule has 0 radical (unpaired) electrons. The number of hydrogen-bond donors (Lipinski definition) is 2. The normalized spacial score (nSPS) is 14.3. The molecule has 0 aliphatic heterocycles. The molecule has 0 spiro atoms. The molecule has 0 heterocycles. The minimum Gasteiger partial charge on any atom is -0.491 e. The number of rotatable bonds is 7. The van der Waals surface area contributed by atoms with Crippen molar-refractivity contribution in [3.8, 4) is 5.75 Å². The Morgan fingerprint density at radius 1 is 1.39 bits per heavy atom. The van der Waals surface area contributed by atoms with E-state index in [0.29, 0.717) is 19.3 Å². The van der Waals surface area contributed by atoms with Crippen LogP contribution in [-0.4, -0.2) is 23.9 Å². The lowest BCUT2D eigenvalue weighted by Crippen LogP contribution is -2.43. The summed E-state index contributed by atoms with van der Waals surface area (Å²) in [6.07, 6.45) is 1.85. The van der Waals surface area contributed by atoms with Crippen molar-refractivity contribution in [1.82, 2.24) is 0 Å². The van der Waals surface area contributed by atoms with E-state index >= 15 is 0 Å². The summed E-state index contributed by atoms with van der Waals surface area (Å²) < 4.78 is 31.1. The number of hydrogen-bond acceptors (Lipinski definition) is 3. The number of nitrogens with two attached hydrogens (primary N) is 1. The Bertz CT molecular complexity index is 381. The summed E-state index contributed by atoms with van der Waals surface area (Å²) in [5, 5.41) is 9.11. The SMILES string of the molecule is CCC(N)(CO)CCCOc1ccc(F)cc1F. The summed E-state index contributed by atoms with van der Waals surface area (Å²) in [4.78, 5) is 0. The van der Waals surface area contributed by atoms with Crippen LogP contribution in [0, 0.1) is 11.6 Å². The van der Waals surface area contributed by atoms with Crippen molar-refractivity contribution in [2.24, 2.45) is 5.73 Å². The first-order valence-electron chi connectivity index (χ1n) is 5.98. The van der Waals surface area contributed by atoms with Crippen molar-refractivity contribution in [2.75, 3.05) is 13.2 Å². The molecule has 0 aromatic heterocycles. The topological polar surface area (TPSA) is 55.5 Å². The van der Waals surface area contributed by atoms with Gasteiger partial charge in [0.05, 0.1) is 13.2 Å². The monoisotopic (exact) mass is 259 g/mol. The molecule has 18 heavy (non-hydrogen) atoms. The standard InChI is InChI=1S/C13H19F2NO2/c1-2-13(16,9-17)6-3-7-18-12-5-4-10(14)8-11(12)15/h4-5,8,17H,2-3,6-7,9,16H2,1H3. The first-order valence-corrected chi connectivity index (χ1v) is 5.98. The summed E-state index contributed by atoms with van der Waals surface area (Å²) in [5.74, 6) is -1.32. The molecular weight excluding hydrogens is 240 g/mol. The average molecular weight is 259 g/mol. The maximum atomic E-state index is 13.2. The Labute approximate surface area is 106 Å². The summed E-state index contributed by atoms with van der Waals surface area (Å²) in [6.45, 7) is 2.09. The van der Waals surface area contributed by atoms with Gasteiger partial charge in [0, 0.05) is 11.6 Å². The number of halogens is 2. The average Bonchev–Trinajstić information content (AvgIpc) is 2.36. The van der Waals surface area contributed by atoms with Gasteiger partial charge in [0.25, 0.3) is 0 Å². The third kappa shape index (κ3) is 4.23. The van der Waals surface area contributed by atoms with Crippen molar-refractivity contribution in [2.45, 2.75) is 31.7 Å². The predicted octanol–water partition coefficient (Wildman–Crippen LogP) is 2.22. The van der Waals surface area contributed by atoms with Gasteiger partial charge in [0.15, 0.2) is 11.6 Å². The van der Waals surface area contributed by atoms with E-state index in [0.717, 1.165) is 12.1 Å². The molecule has 3 N–H and O–H groups in total. The molecule has 0 amide bonds. The minimum absolute atomic E-state index is 0.0273. The van der Waals surface area contributed by atoms with Crippen LogP contribution in [0.15, 0.2) is 18.2 Å². The molecule has 0 bridgehead atoms. The van der Waals surface area contributed by atoms with Gasteiger partial charge < -0.3 is 15.6 Å². The summed E-state index contributed by atoms with van der Waals surface area (Å²) in [6, 6.07) is 3.18. The predicted molar refractivity (Wildman–Crippen MR) is 65.4 cm³/mol. The van der Waals surface area contributed by atoms with Crippen molar-refractivity contribution in [3.05, 3.63) is 29.8 Å². The van der Waals surface area contributed by atoms with Crippen LogP contribution in [0.4, 0.5) is 8.78 Å². The molecule has 1 aromatic rings. The molecule has 3 nitrogen and oxygen atoms in total. The van der Waals surface area contributed by atoms with Crippen molar-refractivity contribution in [1.29, 1.82) is 0 Å². The fourth-order valence-electron chi connectivity index (χ4n) is 1.57. The van der Waals surface area contributed by atoms with Crippen LogP contribution < -0.4 is 10.5 Å². The molecule has 5 heteroatoms. The van der Waals surface area contributed by atoms with Gasteiger partial charge in [-0.15, -0.1) is 0 Å². The fraction of sp³-hybridized carbons (Fsp3) is 0.538. The molecule has 1 aromatic carbocycles. The second kappa shape index (κ2) is 6.66. The minimum atomic E-state index is -0.716. The van der Waals surface area contributed by atoms with E-state index < -0.39 is 17.2 Å². The van der Waals surface area contributed by atoms with Crippen LogP contribution in [0.2, 0.25) is 0 Å². The van der Waals surface area contributed by atoms with E-state index in [1.807, 2.05) is 6.92 Å². The van der Waals surface area contributed by atoms with Crippen LogP contribution in [0.25, 0.3) is 0 Å². The zero-order valence-corrected chi connectivity index (χ0v) is 10.5. The third-order valence-electron chi connectivity index (χ3n) is 2.99. The Morgan fingerprint density at radius 3 is 2.67 bits per heavy atom. The lowest BCUT2D eigenvalue weighted by atomic mass is 9.93. The lowest BCUT2D eigenvalue weighted by Gasteiger charge is -2.25. The van der Waals surface area contributed by atoms with E-state index in [1.165, 1.54) is 6.07 Å². The van der Waals surface area contributed by atoms with Crippen LogP contribution in [0.5, 0.6) is 5.75 Å². The Hall–Kier alpha value is -1.20. The summed E-state index contributed by atoms with van der Waals surface area (Å²) in [5.41, 5.74) is 5.29. The van der Waals surface area contributed by atoms with Gasteiger partial charge in [0.2, 0.25) is 0 Å². The first kappa shape index (κ1) is 14.9. The second-order valence-corrected chi connectivity index (χ2v) is 4.40. The zero-order valence-electron chi connectivity index (χ0n) is 10.5. The molecule has 0 aliphatic rings. The Morgan fingerprint density at radius 2 is 2.11 bits per heavy atom. The number of aliphatic hydroxyl groups is 1. The molecule has 1 atom stereocenters. The molecule has 0 aliphatic carbocycles. The number of ether oxygens (including phenoxy) is 1. The van der Waals surface area contributed by atoms with Gasteiger partial charge in [-0.1, -0.05) is 6.92 Å². The van der Waals surface area contributed by atoms with E-state index in [1.54, 1.807) is 0 Å². The van der Waals surface area contributed by atoms with Gasteiger partial charge >= 0.3 is 0 Å². The quantitative estimate of drug-likeness (QED) is 0.738. The second-order valence-electron chi connectivity index (χ2n) is 4.40. The van der Waals surface area contributed by atoms with Crippen LogP contribution in [-0.2, 0) is 0 Å². The first-order chi connectivity index (χ1) is 8.50. The van der Waals surface area contributed by atoms with E-state index in [-0.39, 0.29) is 19.0 Å². The van der Waals surface area contributed by atoms with Crippen LogP contribution in [0.3, 0.4) is 0 Å². The highest BCUT2D eigenvalue weighted by atomic mass is 19.1. The Balaban J connectivity index is 2.38. The van der Waals surface area contributed by atoms with Crippen molar-refractivity contribution in [3.63, 3.8) is 0 Å². The molecule has 0 fully saturated rings. The molecule has 102 valence electrons. The van der Waals surface area contributed by atoms with E-state index in [9.17, 15) is 8.78 Å². The molecule has 0 saturated carbocycles. The maximum Gasteiger partial charge on any atom is 0.167 e. The largest absolute Gasteiger partial charge is 0.491 e. The molecule has 1 unspecified atom stereocenters. The van der Waals surface area contributed by atoms with Gasteiger partial charge in [-0.3, -0.25) is 0 Å². The highest BCUT2D eigenvalue weighted by Gasteiger charge is 2.20. The molecular formula is C13H19F2NO2. The Kier molecular flexibility index (Phi) is 5.50. The highest BCUT2D eigenvalue weighted by molar-refractivity contribution is 5.24. The van der Waals surface area contributed by atoms with Gasteiger partial charge in [-0.25, -0.2) is 8.78 Å². The number of benzene rings is 1. The van der Waals surface area contributed by atoms with Gasteiger partial charge in [0.1, 0.15) is 5.82 Å². The zero-order chi connectivity index (χ0) is 13.6. The smallest absolute Gasteiger partial charge is 0.167 e. The van der Waals surface area contributed by atoms with Crippen molar-refractivity contribution < 1.29 is 18.6 Å². The summed E-state index contributed by atoms with van der Waals surface area (Å²) in [7, 11) is 0. The highest BCUT2D eigenvalue weighted by Crippen LogP contribution is 2.19. The number of aliphatic hydroxyl groups excluding tert-OH is 1. The summed E-state index contributed by atoms with van der Waals surface area (Å²) >= 11 is 0. The maximum absolute atomic E-state index is 13.2. The molecule has 0 saturated heterocycles. The van der Waals surface area contributed by atoms with E-state index in [4.69, 9.17) is 15.6 Å². The van der Waals surface area contributed by atoms with Gasteiger partial charge in [-0.2, -0.15) is 0 Å². The lowest BCUT2D eigenvalue weighted by molar-refractivity contribution is 0.171. The van der Waals surface area contributed by atoms with Crippen molar-refractivity contribution >= 4 is 0 Å². The van der Waals surface area contributed by atoms with E-state index in [2.05, 4.69) is 0 Å². The molecule has 1 rings (SSSR count). The third-order valence-corrected chi connectivity index (χ3v) is 2.99. The van der Waals surface area contributed by atoms with Crippen LogP contribution in [0.1, 0.15) is 26.2 Å². The van der Waals surface area contributed by atoms with Crippen LogP contribution >= 0.6 is 0 Å². The fourth-order valence-corrected chi connectivity index (χ4v) is 1.57. The van der Waals surface area contributed by atoms with Gasteiger partial charge in [-0.05, 0) is 31.4 Å².